The van der Waals surface area contributed by atoms with E-state index in [1.807, 2.05) is 0 Å². The lowest BCUT2D eigenvalue weighted by atomic mass is 10.0. The van der Waals surface area contributed by atoms with Gasteiger partial charge >= 0.3 is 0 Å². The minimum Gasteiger partial charge on any atom is -0.396 e. The second-order valence-corrected chi connectivity index (χ2v) is 8.16. The molecule has 1 aromatic heterocycles. The molecular formula is C17H22BrFN4OS. The highest BCUT2D eigenvalue weighted by molar-refractivity contribution is 9.10. The first kappa shape index (κ1) is 18.7. The third-order valence-corrected chi connectivity index (χ3v) is 6.11. The van der Waals surface area contributed by atoms with Crippen LogP contribution in [0.3, 0.4) is 0 Å². The van der Waals surface area contributed by atoms with Gasteiger partial charge in [0, 0.05) is 42.3 Å². The molecule has 2 aromatic rings. The first-order valence-electron chi connectivity index (χ1n) is 8.43. The van der Waals surface area contributed by atoms with Gasteiger partial charge in [-0.15, -0.1) is 10.2 Å². The molecule has 0 radical (unpaired) electrons. The van der Waals surface area contributed by atoms with Gasteiger partial charge in [-0.3, -0.25) is 0 Å². The molecule has 0 unspecified atom stereocenters. The summed E-state index contributed by atoms with van der Waals surface area (Å²) in [6.07, 6.45) is 2.93. The van der Waals surface area contributed by atoms with Crippen LogP contribution in [-0.2, 0) is 0 Å². The Labute approximate surface area is 159 Å². The second kappa shape index (κ2) is 8.53. The van der Waals surface area contributed by atoms with Crippen LogP contribution in [0.15, 0.2) is 22.7 Å². The Balaban J connectivity index is 1.63. The molecule has 0 aliphatic carbocycles. The van der Waals surface area contributed by atoms with Crippen LogP contribution < -0.4 is 4.90 Å². The number of piperidine rings is 1. The lowest BCUT2D eigenvalue weighted by Crippen LogP contribution is -2.43. The van der Waals surface area contributed by atoms with Crippen molar-refractivity contribution < 1.29 is 9.50 Å². The molecule has 0 amide bonds. The molecule has 1 aromatic carbocycles. The molecule has 2 heterocycles. The van der Waals surface area contributed by atoms with Crippen molar-refractivity contribution in [3.63, 3.8) is 0 Å². The summed E-state index contributed by atoms with van der Waals surface area (Å²) in [5.74, 6) is -0.282. The Morgan fingerprint density at radius 1 is 1.36 bits per heavy atom. The number of nitrogens with zero attached hydrogens (tertiary/aromatic N) is 4. The molecule has 1 aliphatic rings. The summed E-state index contributed by atoms with van der Waals surface area (Å²) < 4.78 is 14.9. The minimum atomic E-state index is -0.282. The number of aliphatic hydroxyl groups excluding tert-OH is 1. The predicted octanol–water partition coefficient (Wildman–Crippen LogP) is 3.39. The van der Waals surface area contributed by atoms with E-state index in [9.17, 15) is 4.39 Å². The van der Waals surface area contributed by atoms with Gasteiger partial charge in [0.05, 0.1) is 0 Å². The third kappa shape index (κ3) is 4.55. The molecule has 0 atom stereocenters. The van der Waals surface area contributed by atoms with Crippen LogP contribution in [0.2, 0.25) is 0 Å². The first-order valence-corrected chi connectivity index (χ1v) is 10.0. The molecule has 0 spiro atoms. The Kier molecular flexibility index (Phi) is 6.38. The molecule has 8 heteroatoms. The molecule has 0 saturated carbocycles. The van der Waals surface area contributed by atoms with Gasteiger partial charge in [-0.05, 0) is 44.5 Å². The fourth-order valence-corrected chi connectivity index (χ4v) is 4.39. The zero-order valence-corrected chi connectivity index (χ0v) is 16.6. The van der Waals surface area contributed by atoms with E-state index in [1.165, 1.54) is 17.4 Å². The largest absolute Gasteiger partial charge is 0.396 e. The maximum absolute atomic E-state index is 14.0. The highest BCUT2D eigenvalue weighted by Gasteiger charge is 2.24. The Bertz CT molecular complexity index is 706. The average molecular weight is 429 g/mol. The van der Waals surface area contributed by atoms with E-state index in [1.54, 1.807) is 12.1 Å². The average Bonchev–Trinajstić information content (AvgIpc) is 3.11. The molecule has 1 aliphatic heterocycles. The highest BCUT2D eigenvalue weighted by atomic mass is 79.9. The maximum Gasteiger partial charge on any atom is 0.208 e. The number of halogens is 2. The van der Waals surface area contributed by atoms with E-state index >= 15 is 0 Å². The molecule has 25 heavy (non-hydrogen) atoms. The Hall–Kier alpha value is -1.09. The van der Waals surface area contributed by atoms with Crippen LogP contribution >= 0.6 is 27.3 Å². The van der Waals surface area contributed by atoms with Crippen molar-refractivity contribution in [1.82, 2.24) is 15.1 Å². The van der Waals surface area contributed by atoms with Crippen LogP contribution in [0, 0.1) is 5.82 Å². The normalized spacial score (nSPS) is 16.0. The number of hydrogen-bond acceptors (Lipinski definition) is 6. The van der Waals surface area contributed by atoms with Gasteiger partial charge in [0.2, 0.25) is 5.13 Å². The number of aromatic nitrogens is 2. The molecular weight excluding hydrogens is 407 g/mol. The monoisotopic (exact) mass is 428 g/mol. The summed E-state index contributed by atoms with van der Waals surface area (Å²) in [6.45, 7) is 3.00. The van der Waals surface area contributed by atoms with Crippen molar-refractivity contribution in [1.29, 1.82) is 0 Å². The van der Waals surface area contributed by atoms with Crippen LogP contribution in [-0.4, -0.2) is 59.5 Å². The van der Waals surface area contributed by atoms with Crippen LogP contribution in [0.1, 0.15) is 19.3 Å². The van der Waals surface area contributed by atoms with Crippen molar-refractivity contribution in [3.8, 4) is 10.6 Å². The molecule has 136 valence electrons. The van der Waals surface area contributed by atoms with Crippen molar-refractivity contribution in [2.24, 2.45) is 0 Å². The molecule has 1 fully saturated rings. The van der Waals surface area contributed by atoms with Gasteiger partial charge in [-0.1, -0.05) is 27.3 Å². The summed E-state index contributed by atoms with van der Waals surface area (Å²) in [5.41, 5.74) is 0.483. The number of rotatable bonds is 6. The Morgan fingerprint density at radius 3 is 2.84 bits per heavy atom. The van der Waals surface area contributed by atoms with E-state index < -0.39 is 0 Å². The summed E-state index contributed by atoms with van der Waals surface area (Å²) in [6, 6.07) is 5.40. The molecule has 3 rings (SSSR count). The maximum atomic E-state index is 14.0. The SMILES string of the molecule is CN(CCCO)C1CCN(c2nnc(-c3cc(Br)ccc3F)s2)CC1. The summed E-state index contributed by atoms with van der Waals surface area (Å²) in [5, 5.41) is 18.9. The number of aliphatic hydroxyl groups is 1. The lowest BCUT2D eigenvalue weighted by Gasteiger charge is -2.36. The number of hydrogen-bond donors (Lipinski definition) is 1. The van der Waals surface area contributed by atoms with Gasteiger partial charge in [-0.2, -0.15) is 0 Å². The van der Waals surface area contributed by atoms with Crippen molar-refractivity contribution in [2.45, 2.75) is 25.3 Å². The van der Waals surface area contributed by atoms with Crippen LogP contribution in [0.25, 0.3) is 10.6 Å². The third-order valence-electron chi connectivity index (χ3n) is 4.60. The van der Waals surface area contributed by atoms with E-state index in [0.717, 1.165) is 48.5 Å². The quantitative estimate of drug-likeness (QED) is 0.763. The molecule has 0 bridgehead atoms. The standard InChI is InChI=1S/C17H22BrFN4OS/c1-22(7-2-10-24)13-5-8-23(9-6-13)17-21-20-16(25-17)14-11-12(18)3-4-15(14)19/h3-4,11,13,24H,2,5-10H2,1H3. The summed E-state index contributed by atoms with van der Waals surface area (Å²) in [4.78, 5) is 4.56. The van der Waals surface area contributed by atoms with Gasteiger partial charge in [0.1, 0.15) is 5.82 Å². The van der Waals surface area contributed by atoms with E-state index in [4.69, 9.17) is 5.11 Å². The van der Waals surface area contributed by atoms with Gasteiger partial charge in [-0.25, -0.2) is 4.39 Å². The fourth-order valence-electron chi connectivity index (χ4n) is 3.11. The zero-order chi connectivity index (χ0) is 17.8. The van der Waals surface area contributed by atoms with Crippen molar-refractivity contribution >= 4 is 32.4 Å². The Morgan fingerprint density at radius 2 is 2.12 bits per heavy atom. The summed E-state index contributed by atoms with van der Waals surface area (Å²) >= 11 is 4.81. The zero-order valence-electron chi connectivity index (χ0n) is 14.2. The van der Waals surface area contributed by atoms with Gasteiger partial charge in [0.25, 0.3) is 0 Å². The second-order valence-electron chi connectivity index (χ2n) is 6.29. The fraction of sp³-hybridized carbons (Fsp3) is 0.529. The highest BCUT2D eigenvalue weighted by Crippen LogP contribution is 2.33. The molecule has 1 saturated heterocycles. The lowest BCUT2D eigenvalue weighted by molar-refractivity contribution is 0.184. The van der Waals surface area contributed by atoms with E-state index in [-0.39, 0.29) is 12.4 Å². The molecule has 5 nitrogen and oxygen atoms in total. The smallest absolute Gasteiger partial charge is 0.208 e. The molecule has 1 N–H and O–H groups in total. The van der Waals surface area contributed by atoms with Crippen LogP contribution in [0.4, 0.5) is 9.52 Å². The summed E-state index contributed by atoms with van der Waals surface area (Å²) in [7, 11) is 2.12. The predicted molar refractivity (Wildman–Crippen MR) is 103 cm³/mol. The van der Waals surface area contributed by atoms with Crippen LogP contribution in [0.5, 0.6) is 0 Å². The number of benzene rings is 1. The minimum absolute atomic E-state index is 0.239. The first-order chi connectivity index (χ1) is 12.1. The topological polar surface area (TPSA) is 52.5 Å². The van der Waals surface area contributed by atoms with Gasteiger partial charge in [0.15, 0.2) is 5.01 Å². The van der Waals surface area contributed by atoms with E-state index in [0.29, 0.717) is 16.6 Å². The van der Waals surface area contributed by atoms with Crippen molar-refractivity contribution in [2.75, 3.05) is 38.2 Å². The van der Waals surface area contributed by atoms with E-state index in [2.05, 4.69) is 43.0 Å². The number of anilines is 1. The van der Waals surface area contributed by atoms with Gasteiger partial charge < -0.3 is 14.9 Å². The van der Waals surface area contributed by atoms with Crippen molar-refractivity contribution in [3.05, 3.63) is 28.5 Å².